The van der Waals surface area contributed by atoms with Crippen LogP contribution in [0.15, 0.2) is 0 Å². The maximum atomic E-state index is 12.1. The Morgan fingerprint density at radius 1 is 1.33 bits per heavy atom. The summed E-state index contributed by atoms with van der Waals surface area (Å²) in [6, 6.07) is 0. The van der Waals surface area contributed by atoms with Crippen molar-refractivity contribution < 1.29 is 4.79 Å². The molecule has 1 aliphatic carbocycles. The summed E-state index contributed by atoms with van der Waals surface area (Å²) in [5.41, 5.74) is 5.89. The van der Waals surface area contributed by atoms with E-state index >= 15 is 0 Å². The molecule has 0 saturated heterocycles. The summed E-state index contributed by atoms with van der Waals surface area (Å²) in [4.78, 5) is 12.1. The van der Waals surface area contributed by atoms with E-state index < -0.39 is 0 Å². The van der Waals surface area contributed by atoms with Crippen LogP contribution in [-0.4, -0.2) is 19.0 Å². The van der Waals surface area contributed by atoms with Crippen molar-refractivity contribution in [1.29, 1.82) is 0 Å². The van der Waals surface area contributed by atoms with E-state index in [0.29, 0.717) is 12.5 Å². The lowest BCUT2D eigenvalue weighted by atomic mass is 9.77. The number of rotatable bonds is 6. The maximum Gasteiger partial charge on any atom is 0.224 e. The van der Waals surface area contributed by atoms with Gasteiger partial charge in [0.1, 0.15) is 0 Å². The summed E-state index contributed by atoms with van der Waals surface area (Å²) in [5.74, 6) is 1.14. The van der Waals surface area contributed by atoms with E-state index in [9.17, 15) is 4.79 Å². The molecule has 1 aliphatic rings. The molecule has 0 aromatic carbocycles. The zero-order chi connectivity index (χ0) is 13.8. The van der Waals surface area contributed by atoms with Gasteiger partial charge in [0.05, 0.1) is 5.92 Å². The van der Waals surface area contributed by atoms with Crippen LogP contribution >= 0.6 is 0 Å². The normalized spacial score (nSPS) is 19.2. The molecule has 1 fully saturated rings. The largest absolute Gasteiger partial charge is 0.355 e. The first-order valence-electron chi connectivity index (χ1n) is 7.36. The van der Waals surface area contributed by atoms with Crippen molar-refractivity contribution in [3.8, 4) is 0 Å². The second-order valence-electron chi connectivity index (χ2n) is 6.77. The Hall–Kier alpha value is -0.570. The van der Waals surface area contributed by atoms with Crippen molar-refractivity contribution >= 4 is 5.91 Å². The summed E-state index contributed by atoms with van der Waals surface area (Å²) < 4.78 is 0. The van der Waals surface area contributed by atoms with Gasteiger partial charge in [-0.2, -0.15) is 0 Å². The molecule has 1 unspecified atom stereocenters. The van der Waals surface area contributed by atoms with E-state index in [1.165, 1.54) is 25.7 Å². The van der Waals surface area contributed by atoms with Gasteiger partial charge in [-0.15, -0.1) is 0 Å². The Morgan fingerprint density at radius 2 is 1.89 bits per heavy atom. The smallest absolute Gasteiger partial charge is 0.224 e. The van der Waals surface area contributed by atoms with Gasteiger partial charge in [0.15, 0.2) is 0 Å². The minimum Gasteiger partial charge on any atom is -0.355 e. The fraction of sp³-hybridized carbons (Fsp3) is 0.933. The lowest BCUT2D eigenvalue weighted by Crippen LogP contribution is -2.43. The van der Waals surface area contributed by atoms with Gasteiger partial charge in [-0.05, 0) is 30.1 Å². The van der Waals surface area contributed by atoms with Crippen molar-refractivity contribution in [2.75, 3.05) is 13.1 Å². The van der Waals surface area contributed by atoms with E-state index in [0.717, 1.165) is 12.5 Å². The number of nitrogens with one attached hydrogen (secondary N) is 1. The fourth-order valence-corrected chi connectivity index (χ4v) is 2.98. The number of amides is 1. The zero-order valence-corrected chi connectivity index (χ0v) is 12.5. The van der Waals surface area contributed by atoms with Crippen LogP contribution in [0.5, 0.6) is 0 Å². The van der Waals surface area contributed by atoms with Gasteiger partial charge in [-0.3, -0.25) is 4.79 Å². The first-order valence-corrected chi connectivity index (χ1v) is 7.36. The standard InChI is InChI=1S/C15H30N2O/c1-11(2)13(9-16)14(18)17-10-15(3,4)12-7-5-6-8-12/h11-13H,5-10,16H2,1-4H3,(H,17,18). The molecule has 1 atom stereocenters. The molecule has 18 heavy (non-hydrogen) atoms. The number of carbonyl (C=O) groups excluding carboxylic acids is 1. The van der Waals surface area contributed by atoms with Crippen molar-refractivity contribution in [3.05, 3.63) is 0 Å². The van der Waals surface area contributed by atoms with Crippen LogP contribution in [0.1, 0.15) is 53.4 Å². The van der Waals surface area contributed by atoms with E-state index in [1.54, 1.807) is 0 Å². The summed E-state index contributed by atoms with van der Waals surface area (Å²) in [6.45, 7) is 9.87. The van der Waals surface area contributed by atoms with Crippen LogP contribution in [0, 0.1) is 23.2 Å². The third-order valence-corrected chi connectivity index (χ3v) is 4.57. The molecule has 3 heteroatoms. The van der Waals surface area contributed by atoms with Crippen LogP contribution in [0.25, 0.3) is 0 Å². The highest BCUT2D eigenvalue weighted by atomic mass is 16.1. The van der Waals surface area contributed by atoms with Crippen LogP contribution in [0.3, 0.4) is 0 Å². The predicted octanol–water partition coefficient (Wildman–Crippen LogP) is 2.55. The van der Waals surface area contributed by atoms with Gasteiger partial charge in [-0.1, -0.05) is 40.5 Å². The average Bonchev–Trinajstić information content (AvgIpc) is 2.81. The van der Waals surface area contributed by atoms with Gasteiger partial charge < -0.3 is 11.1 Å². The fourth-order valence-electron chi connectivity index (χ4n) is 2.98. The maximum absolute atomic E-state index is 12.1. The lowest BCUT2D eigenvalue weighted by molar-refractivity contribution is -0.126. The molecule has 0 heterocycles. The first-order chi connectivity index (χ1) is 8.38. The molecule has 3 nitrogen and oxygen atoms in total. The van der Waals surface area contributed by atoms with Crippen molar-refractivity contribution in [2.24, 2.45) is 28.9 Å². The molecule has 0 aliphatic heterocycles. The molecule has 106 valence electrons. The minimum absolute atomic E-state index is 0.0515. The van der Waals surface area contributed by atoms with Gasteiger partial charge in [-0.25, -0.2) is 0 Å². The molecule has 0 bridgehead atoms. The van der Waals surface area contributed by atoms with Crippen LogP contribution in [0.2, 0.25) is 0 Å². The summed E-state index contributed by atoms with van der Waals surface area (Å²) in [7, 11) is 0. The molecule has 0 aromatic rings. The number of carbonyl (C=O) groups is 1. The SMILES string of the molecule is CC(C)C(CN)C(=O)NCC(C)(C)C1CCCC1. The van der Waals surface area contributed by atoms with Gasteiger partial charge in [0, 0.05) is 13.1 Å². The van der Waals surface area contributed by atoms with Crippen molar-refractivity contribution in [2.45, 2.75) is 53.4 Å². The van der Waals surface area contributed by atoms with Gasteiger partial charge >= 0.3 is 0 Å². The molecule has 1 amide bonds. The Labute approximate surface area is 112 Å². The average molecular weight is 254 g/mol. The molecular weight excluding hydrogens is 224 g/mol. The Morgan fingerprint density at radius 3 is 2.33 bits per heavy atom. The highest BCUT2D eigenvalue weighted by Gasteiger charge is 2.32. The molecule has 3 N–H and O–H groups in total. The quantitative estimate of drug-likeness (QED) is 0.765. The minimum atomic E-state index is -0.0515. The third-order valence-electron chi connectivity index (χ3n) is 4.57. The van der Waals surface area contributed by atoms with Crippen LogP contribution in [-0.2, 0) is 4.79 Å². The molecule has 1 saturated carbocycles. The highest BCUT2D eigenvalue weighted by molar-refractivity contribution is 5.79. The van der Waals surface area contributed by atoms with Gasteiger partial charge in [0.25, 0.3) is 0 Å². The molecule has 0 spiro atoms. The highest BCUT2D eigenvalue weighted by Crippen LogP contribution is 2.39. The topological polar surface area (TPSA) is 55.1 Å². The molecule has 1 rings (SSSR count). The Balaban J connectivity index is 2.45. The zero-order valence-electron chi connectivity index (χ0n) is 12.5. The molecular formula is C15H30N2O. The lowest BCUT2D eigenvalue weighted by Gasteiger charge is -2.32. The molecule has 0 aromatic heterocycles. The van der Waals surface area contributed by atoms with Crippen molar-refractivity contribution in [1.82, 2.24) is 5.32 Å². The second kappa shape index (κ2) is 6.55. The van der Waals surface area contributed by atoms with Crippen LogP contribution in [0.4, 0.5) is 0 Å². The van der Waals surface area contributed by atoms with Crippen LogP contribution < -0.4 is 11.1 Å². The number of nitrogens with two attached hydrogens (primary N) is 1. The number of hydrogen-bond acceptors (Lipinski definition) is 2. The second-order valence-corrected chi connectivity index (χ2v) is 6.77. The number of hydrogen-bond donors (Lipinski definition) is 2. The van der Waals surface area contributed by atoms with E-state index in [4.69, 9.17) is 5.73 Å². The monoisotopic (exact) mass is 254 g/mol. The Kier molecular flexibility index (Phi) is 5.64. The summed E-state index contributed by atoms with van der Waals surface area (Å²) in [5, 5.41) is 3.11. The first kappa shape index (κ1) is 15.5. The molecule has 0 radical (unpaired) electrons. The van der Waals surface area contributed by atoms with E-state index in [1.807, 2.05) is 0 Å². The summed E-state index contributed by atoms with van der Waals surface area (Å²) in [6.07, 6.45) is 5.32. The Bertz CT molecular complexity index is 268. The van der Waals surface area contributed by atoms with E-state index in [-0.39, 0.29) is 17.2 Å². The van der Waals surface area contributed by atoms with Crippen molar-refractivity contribution in [3.63, 3.8) is 0 Å². The van der Waals surface area contributed by atoms with Gasteiger partial charge in [0.2, 0.25) is 5.91 Å². The third kappa shape index (κ3) is 3.98. The predicted molar refractivity (Wildman–Crippen MR) is 76.1 cm³/mol. The summed E-state index contributed by atoms with van der Waals surface area (Å²) >= 11 is 0. The van der Waals surface area contributed by atoms with E-state index in [2.05, 4.69) is 33.0 Å².